The fourth-order valence-electron chi connectivity index (χ4n) is 1.01. The molecule has 0 amide bonds. The van der Waals surface area contributed by atoms with Crippen LogP contribution in [0.2, 0.25) is 0 Å². The Labute approximate surface area is 81.2 Å². The Morgan fingerprint density at radius 1 is 1.36 bits per heavy atom. The van der Waals surface area contributed by atoms with E-state index in [-0.39, 0.29) is 0 Å². The van der Waals surface area contributed by atoms with Gasteiger partial charge < -0.3 is 9.84 Å². The summed E-state index contributed by atoms with van der Waals surface area (Å²) in [5.74, 6) is 1.42. The van der Waals surface area contributed by atoms with Gasteiger partial charge in [0, 0.05) is 6.20 Å². The van der Waals surface area contributed by atoms with E-state index in [9.17, 15) is 0 Å². The molecule has 0 spiro atoms. The van der Waals surface area contributed by atoms with Crippen LogP contribution in [0.1, 0.15) is 11.4 Å². The number of hydrogen-bond donors (Lipinski definition) is 1. The van der Waals surface area contributed by atoms with E-state index in [4.69, 9.17) is 0 Å². The van der Waals surface area contributed by atoms with Crippen molar-refractivity contribution in [3.63, 3.8) is 0 Å². The Kier molecular flexibility index (Phi) is 2.40. The van der Waals surface area contributed by atoms with Crippen molar-refractivity contribution in [1.29, 1.82) is 0 Å². The fourth-order valence-corrected chi connectivity index (χ4v) is 1.01. The number of aromatic nitrogens is 3. The molecule has 0 saturated heterocycles. The second-order valence-electron chi connectivity index (χ2n) is 2.92. The first-order valence-corrected chi connectivity index (χ1v) is 4.26. The summed E-state index contributed by atoms with van der Waals surface area (Å²) in [7, 11) is 0. The maximum atomic E-state index is 4.60. The molecular weight excluding hydrogens is 180 g/mol. The molecule has 2 heterocycles. The normalized spacial score (nSPS) is 10.1. The van der Waals surface area contributed by atoms with Gasteiger partial charge in [-0.2, -0.15) is 4.98 Å². The van der Waals surface area contributed by atoms with Crippen LogP contribution in [0.15, 0.2) is 29.2 Å². The summed E-state index contributed by atoms with van der Waals surface area (Å²) >= 11 is 0. The molecule has 0 radical (unpaired) electrons. The summed E-state index contributed by atoms with van der Waals surface area (Å²) in [4.78, 5) is 8.06. The molecule has 0 aliphatic carbocycles. The average molecular weight is 190 g/mol. The zero-order valence-corrected chi connectivity index (χ0v) is 7.77. The lowest BCUT2D eigenvalue weighted by molar-refractivity contribution is 0.411. The average Bonchev–Trinajstić information content (AvgIpc) is 2.70. The third-order valence-corrected chi connectivity index (χ3v) is 1.75. The summed E-state index contributed by atoms with van der Waals surface area (Å²) in [6.45, 7) is 2.52. The molecule has 0 saturated carbocycles. The van der Waals surface area contributed by atoms with Crippen molar-refractivity contribution in [2.45, 2.75) is 13.5 Å². The van der Waals surface area contributed by atoms with E-state index in [1.807, 2.05) is 19.1 Å². The maximum absolute atomic E-state index is 4.60. The molecule has 0 atom stereocenters. The predicted octanol–water partition coefficient (Wildman–Crippen LogP) is 1.39. The molecule has 0 aliphatic heterocycles. The van der Waals surface area contributed by atoms with Crippen molar-refractivity contribution in [2.24, 2.45) is 0 Å². The highest BCUT2D eigenvalue weighted by molar-refractivity contribution is 5.35. The lowest BCUT2D eigenvalue weighted by Gasteiger charge is -2.01. The van der Waals surface area contributed by atoms with Crippen LogP contribution in [0.25, 0.3) is 0 Å². The predicted molar refractivity (Wildman–Crippen MR) is 50.6 cm³/mol. The third-order valence-electron chi connectivity index (χ3n) is 1.75. The molecule has 0 aliphatic rings. The molecule has 2 aromatic rings. The van der Waals surface area contributed by atoms with Crippen molar-refractivity contribution < 1.29 is 4.52 Å². The quantitative estimate of drug-likeness (QED) is 0.792. The molecule has 5 heteroatoms. The van der Waals surface area contributed by atoms with E-state index in [1.54, 1.807) is 6.20 Å². The van der Waals surface area contributed by atoms with Gasteiger partial charge >= 0.3 is 0 Å². The van der Waals surface area contributed by atoms with E-state index < -0.39 is 0 Å². The molecular formula is C9H10N4O. The van der Waals surface area contributed by atoms with Gasteiger partial charge in [0.2, 0.25) is 6.39 Å². The summed E-state index contributed by atoms with van der Waals surface area (Å²) in [6.07, 6.45) is 3.11. The van der Waals surface area contributed by atoms with Crippen molar-refractivity contribution in [2.75, 3.05) is 5.32 Å². The zero-order valence-electron chi connectivity index (χ0n) is 7.77. The second-order valence-corrected chi connectivity index (χ2v) is 2.92. The minimum Gasteiger partial charge on any atom is -0.363 e. The van der Waals surface area contributed by atoms with E-state index in [0.29, 0.717) is 12.4 Å². The van der Waals surface area contributed by atoms with Gasteiger partial charge in [-0.3, -0.25) is 0 Å². The molecule has 0 aromatic carbocycles. The zero-order chi connectivity index (χ0) is 9.80. The van der Waals surface area contributed by atoms with Gasteiger partial charge in [-0.05, 0) is 18.6 Å². The summed E-state index contributed by atoms with van der Waals surface area (Å²) < 4.78 is 4.60. The Morgan fingerprint density at radius 3 is 2.93 bits per heavy atom. The van der Waals surface area contributed by atoms with Crippen LogP contribution in [0.5, 0.6) is 0 Å². The number of pyridine rings is 1. The van der Waals surface area contributed by atoms with Gasteiger partial charge in [0.15, 0.2) is 5.82 Å². The Balaban J connectivity index is 1.95. The summed E-state index contributed by atoms with van der Waals surface area (Å²) in [6, 6.07) is 3.90. The topological polar surface area (TPSA) is 63.8 Å². The first-order valence-electron chi connectivity index (χ1n) is 4.26. The third kappa shape index (κ3) is 2.07. The molecule has 0 fully saturated rings. The van der Waals surface area contributed by atoms with Gasteiger partial charge in [0.05, 0.1) is 6.54 Å². The van der Waals surface area contributed by atoms with Crippen molar-refractivity contribution in [1.82, 2.24) is 15.1 Å². The number of rotatable bonds is 3. The molecule has 14 heavy (non-hydrogen) atoms. The van der Waals surface area contributed by atoms with Crippen LogP contribution in [0.3, 0.4) is 0 Å². The largest absolute Gasteiger partial charge is 0.363 e. The monoisotopic (exact) mass is 190 g/mol. The van der Waals surface area contributed by atoms with Gasteiger partial charge in [0.1, 0.15) is 5.82 Å². The van der Waals surface area contributed by atoms with Crippen LogP contribution in [0, 0.1) is 6.92 Å². The number of hydrogen-bond acceptors (Lipinski definition) is 5. The molecule has 72 valence electrons. The summed E-state index contributed by atoms with van der Waals surface area (Å²) in [5.41, 5.74) is 1.13. The highest BCUT2D eigenvalue weighted by Crippen LogP contribution is 2.04. The molecule has 2 aromatic heterocycles. The van der Waals surface area contributed by atoms with Crippen molar-refractivity contribution >= 4 is 5.82 Å². The van der Waals surface area contributed by atoms with Gasteiger partial charge in [-0.15, -0.1) is 0 Å². The lowest BCUT2D eigenvalue weighted by atomic mass is 10.3. The Bertz CT molecular complexity index is 382. The first-order chi connectivity index (χ1) is 6.84. The van der Waals surface area contributed by atoms with Crippen LogP contribution in [-0.2, 0) is 6.54 Å². The van der Waals surface area contributed by atoms with Crippen LogP contribution in [0.4, 0.5) is 5.82 Å². The smallest absolute Gasteiger partial charge is 0.213 e. The molecule has 0 bridgehead atoms. The van der Waals surface area contributed by atoms with E-state index in [1.165, 1.54) is 6.39 Å². The Hall–Kier alpha value is -1.91. The fraction of sp³-hybridized carbons (Fsp3) is 0.222. The van der Waals surface area contributed by atoms with Crippen molar-refractivity contribution in [3.05, 3.63) is 36.1 Å². The number of nitrogens with zero attached hydrogens (tertiary/aromatic N) is 3. The molecule has 5 nitrogen and oxygen atoms in total. The number of anilines is 1. The number of aryl methyl sites for hydroxylation is 1. The van der Waals surface area contributed by atoms with Crippen LogP contribution >= 0.6 is 0 Å². The van der Waals surface area contributed by atoms with Gasteiger partial charge in [0.25, 0.3) is 0 Å². The molecule has 0 unspecified atom stereocenters. The molecule has 1 N–H and O–H groups in total. The van der Waals surface area contributed by atoms with Gasteiger partial charge in [-0.25, -0.2) is 4.98 Å². The van der Waals surface area contributed by atoms with Crippen molar-refractivity contribution in [3.8, 4) is 0 Å². The standard InChI is InChI=1S/C9H10N4O/c1-7-2-3-8(10-4-7)11-5-9-12-6-14-13-9/h2-4,6H,5H2,1H3,(H,10,11). The van der Waals surface area contributed by atoms with Crippen LogP contribution in [-0.4, -0.2) is 15.1 Å². The van der Waals surface area contributed by atoms with E-state index >= 15 is 0 Å². The van der Waals surface area contributed by atoms with Gasteiger partial charge in [-0.1, -0.05) is 11.2 Å². The minimum atomic E-state index is 0.520. The Morgan fingerprint density at radius 2 is 2.29 bits per heavy atom. The second kappa shape index (κ2) is 3.87. The highest BCUT2D eigenvalue weighted by atomic mass is 16.5. The minimum absolute atomic E-state index is 0.520. The molecule has 2 rings (SSSR count). The van der Waals surface area contributed by atoms with Crippen LogP contribution < -0.4 is 5.32 Å². The highest BCUT2D eigenvalue weighted by Gasteiger charge is 1.98. The number of nitrogens with one attached hydrogen (secondary N) is 1. The van der Waals surface area contributed by atoms with E-state index in [2.05, 4.69) is 25.0 Å². The first kappa shape index (κ1) is 8.68. The lowest BCUT2D eigenvalue weighted by Crippen LogP contribution is -2.02. The summed E-state index contributed by atoms with van der Waals surface area (Å²) in [5, 5.41) is 6.75. The maximum Gasteiger partial charge on any atom is 0.213 e. The SMILES string of the molecule is Cc1ccc(NCc2ncon2)nc1. The van der Waals surface area contributed by atoms with E-state index in [0.717, 1.165) is 11.4 Å².